The molecule has 0 N–H and O–H groups in total. The minimum absolute atomic E-state index is 0.246. The topological polar surface area (TPSA) is 29.5 Å². The van der Waals surface area contributed by atoms with Gasteiger partial charge in [0.05, 0.1) is 0 Å². The van der Waals surface area contributed by atoms with Gasteiger partial charge in [-0.1, -0.05) is 18.7 Å². The lowest BCUT2D eigenvalue weighted by Gasteiger charge is -2.15. The highest BCUT2D eigenvalue weighted by Gasteiger charge is 1.93. The third-order valence-electron chi connectivity index (χ3n) is 1.53. The molecule has 82 valence electrons. The molecule has 3 heteroatoms. The molecular weight excluding hydrogens is 190 g/mol. The third-order valence-corrected chi connectivity index (χ3v) is 1.53. The molecular formula is C12H17NO2. The molecule has 0 atom stereocenters. The lowest BCUT2D eigenvalue weighted by atomic mass is 10.4. The predicted molar refractivity (Wildman–Crippen MR) is 62.3 cm³/mol. The minimum atomic E-state index is -0.418. The molecule has 0 heterocycles. The Balaban J connectivity index is 3.87. The molecule has 0 bridgehead atoms. The van der Waals surface area contributed by atoms with Gasteiger partial charge in [0, 0.05) is 19.2 Å². The van der Waals surface area contributed by atoms with E-state index in [-0.39, 0.29) is 6.61 Å². The van der Waals surface area contributed by atoms with Crippen LogP contribution in [0.15, 0.2) is 50.2 Å². The van der Waals surface area contributed by atoms with E-state index in [2.05, 4.69) is 19.7 Å². The van der Waals surface area contributed by atoms with Crippen molar-refractivity contribution >= 4 is 5.97 Å². The highest BCUT2D eigenvalue weighted by atomic mass is 16.5. The molecule has 0 spiro atoms. The number of rotatable bonds is 8. The van der Waals surface area contributed by atoms with Crippen LogP contribution in [0.3, 0.4) is 0 Å². The number of hydrogen-bond acceptors (Lipinski definition) is 3. The predicted octanol–water partition coefficient (Wildman–Crippen LogP) is 1.90. The molecule has 0 aromatic rings. The van der Waals surface area contributed by atoms with E-state index < -0.39 is 5.97 Å². The smallest absolute Gasteiger partial charge is 0.330 e. The Labute approximate surface area is 91.0 Å². The zero-order valence-electron chi connectivity index (χ0n) is 8.89. The SMILES string of the molecule is C=CCN(C=CCOC(=O)C=C)CC=C. The molecule has 0 fully saturated rings. The molecule has 0 aliphatic carbocycles. The minimum Gasteiger partial charge on any atom is -0.458 e. The average Bonchev–Trinajstić information content (AvgIpc) is 2.24. The summed E-state index contributed by atoms with van der Waals surface area (Å²) in [5.74, 6) is -0.418. The highest BCUT2D eigenvalue weighted by Crippen LogP contribution is 1.91. The Kier molecular flexibility index (Phi) is 7.77. The van der Waals surface area contributed by atoms with Crippen LogP contribution in [-0.2, 0) is 9.53 Å². The van der Waals surface area contributed by atoms with Gasteiger partial charge in [0.1, 0.15) is 6.61 Å². The largest absolute Gasteiger partial charge is 0.458 e. The summed E-state index contributed by atoms with van der Waals surface area (Å²) in [7, 11) is 0. The number of nitrogens with zero attached hydrogens (tertiary/aromatic N) is 1. The maximum Gasteiger partial charge on any atom is 0.330 e. The van der Waals surface area contributed by atoms with E-state index in [1.54, 1.807) is 18.2 Å². The van der Waals surface area contributed by atoms with Crippen molar-refractivity contribution in [1.29, 1.82) is 0 Å². The van der Waals surface area contributed by atoms with E-state index in [1.807, 2.05) is 11.1 Å². The number of ether oxygens (including phenoxy) is 1. The summed E-state index contributed by atoms with van der Waals surface area (Å²) in [6, 6.07) is 0. The number of hydrogen-bond donors (Lipinski definition) is 0. The third kappa shape index (κ3) is 7.31. The highest BCUT2D eigenvalue weighted by molar-refractivity contribution is 5.81. The first kappa shape index (κ1) is 13.2. The first-order valence-electron chi connectivity index (χ1n) is 4.66. The van der Waals surface area contributed by atoms with E-state index in [1.165, 1.54) is 0 Å². The molecule has 0 radical (unpaired) electrons. The lowest BCUT2D eigenvalue weighted by molar-refractivity contribution is -0.136. The molecule has 0 aliphatic heterocycles. The van der Waals surface area contributed by atoms with Gasteiger partial charge in [-0.25, -0.2) is 4.79 Å². The van der Waals surface area contributed by atoms with Crippen molar-refractivity contribution in [2.24, 2.45) is 0 Å². The van der Waals surface area contributed by atoms with E-state index in [0.29, 0.717) is 0 Å². The Bertz CT molecular complexity index is 246. The van der Waals surface area contributed by atoms with Gasteiger partial charge in [-0.3, -0.25) is 0 Å². The summed E-state index contributed by atoms with van der Waals surface area (Å²) in [5.41, 5.74) is 0. The maximum atomic E-state index is 10.7. The number of carbonyl (C=O) groups is 1. The summed E-state index contributed by atoms with van der Waals surface area (Å²) >= 11 is 0. The Morgan fingerprint density at radius 2 is 1.80 bits per heavy atom. The second kappa shape index (κ2) is 8.81. The summed E-state index contributed by atoms with van der Waals surface area (Å²) in [5, 5.41) is 0. The van der Waals surface area contributed by atoms with E-state index in [0.717, 1.165) is 19.2 Å². The van der Waals surface area contributed by atoms with Crippen molar-refractivity contribution < 1.29 is 9.53 Å². The summed E-state index contributed by atoms with van der Waals surface area (Å²) < 4.78 is 4.78. The normalized spacial score (nSPS) is 9.60. The Hall–Kier alpha value is -1.77. The molecule has 0 saturated carbocycles. The second-order valence-corrected chi connectivity index (χ2v) is 2.75. The first-order chi connectivity index (χ1) is 7.24. The molecule has 0 aromatic heterocycles. The van der Waals surface area contributed by atoms with Gasteiger partial charge in [0.15, 0.2) is 0 Å². The average molecular weight is 207 g/mol. The molecule has 15 heavy (non-hydrogen) atoms. The van der Waals surface area contributed by atoms with Crippen molar-refractivity contribution in [3.05, 3.63) is 50.2 Å². The van der Waals surface area contributed by atoms with Gasteiger partial charge in [-0.15, -0.1) is 13.2 Å². The summed E-state index contributed by atoms with van der Waals surface area (Å²) in [6.07, 6.45) is 8.33. The van der Waals surface area contributed by atoms with Crippen molar-refractivity contribution in [2.45, 2.75) is 0 Å². The van der Waals surface area contributed by atoms with Crippen LogP contribution in [0.4, 0.5) is 0 Å². The van der Waals surface area contributed by atoms with Crippen LogP contribution in [0.25, 0.3) is 0 Å². The summed E-state index contributed by atoms with van der Waals surface area (Å²) in [4.78, 5) is 12.7. The number of esters is 1. The second-order valence-electron chi connectivity index (χ2n) is 2.75. The Morgan fingerprint density at radius 1 is 1.20 bits per heavy atom. The maximum absolute atomic E-state index is 10.7. The molecule has 0 aromatic carbocycles. The fourth-order valence-electron chi connectivity index (χ4n) is 0.909. The van der Waals surface area contributed by atoms with Crippen LogP contribution in [-0.4, -0.2) is 30.6 Å². The van der Waals surface area contributed by atoms with Crippen LogP contribution < -0.4 is 0 Å². The zero-order valence-corrected chi connectivity index (χ0v) is 8.89. The van der Waals surface area contributed by atoms with Gasteiger partial charge in [0.2, 0.25) is 0 Å². The van der Waals surface area contributed by atoms with Crippen LogP contribution in [0, 0.1) is 0 Å². The van der Waals surface area contributed by atoms with Crippen LogP contribution in [0.1, 0.15) is 0 Å². The van der Waals surface area contributed by atoms with Crippen LogP contribution in [0.5, 0.6) is 0 Å². The Morgan fingerprint density at radius 3 is 2.27 bits per heavy atom. The van der Waals surface area contributed by atoms with E-state index in [4.69, 9.17) is 4.74 Å². The molecule has 0 amide bonds. The molecule has 0 aliphatic rings. The standard InChI is InChI=1S/C12H17NO2/c1-4-8-13(9-5-2)10-7-11-15-12(14)6-3/h4-7,10H,1-3,8-9,11H2. The molecule has 0 rings (SSSR count). The lowest BCUT2D eigenvalue weighted by Crippen LogP contribution is -2.17. The monoisotopic (exact) mass is 207 g/mol. The van der Waals surface area contributed by atoms with Crippen molar-refractivity contribution in [1.82, 2.24) is 4.90 Å². The van der Waals surface area contributed by atoms with Gasteiger partial charge >= 0.3 is 5.97 Å². The van der Waals surface area contributed by atoms with Crippen molar-refractivity contribution in [2.75, 3.05) is 19.7 Å². The van der Waals surface area contributed by atoms with E-state index >= 15 is 0 Å². The summed E-state index contributed by atoms with van der Waals surface area (Å²) in [6.45, 7) is 12.3. The molecule has 0 unspecified atom stereocenters. The van der Waals surface area contributed by atoms with Crippen LogP contribution >= 0.6 is 0 Å². The van der Waals surface area contributed by atoms with Gasteiger partial charge in [0.25, 0.3) is 0 Å². The van der Waals surface area contributed by atoms with Crippen molar-refractivity contribution in [3.8, 4) is 0 Å². The van der Waals surface area contributed by atoms with Gasteiger partial charge in [-0.05, 0) is 12.3 Å². The molecule has 0 saturated heterocycles. The fourth-order valence-corrected chi connectivity index (χ4v) is 0.909. The first-order valence-corrected chi connectivity index (χ1v) is 4.66. The van der Waals surface area contributed by atoms with E-state index in [9.17, 15) is 4.79 Å². The van der Waals surface area contributed by atoms with Crippen molar-refractivity contribution in [3.63, 3.8) is 0 Å². The zero-order chi connectivity index (χ0) is 11.5. The quantitative estimate of drug-likeness (QED) is 0.346. The van der Waals surface area contributed by atoms with Gasteiger partial charge in [-0.2, -0.15) is 0 Å². The number of carbonyl (C=O) groups excluding carboxylic acids is 1. The fraction of sp³-hybridized carbons (Fsp3) is 0.250. The van der Waals surface area contributed by atoms with Crippen LogP contribution in [0.2, 0.25) is 0 Å². The van der Waals surface area contributed by atoms with Gasteiger partial charge < -0.3 is 9.64 Å². The molecule has 3 nitrogen and oxygen atoms in total.